The first-order valence-corrected chi connectivity index (χ1v) is 10.2. The summed E-state index contributed by atoms with van der Waals surface area (Å²) in [6, 6.07) is 33.6. The highest BCUT2D eigenvalue weighted by Crippen LogP contribution is 2.25. The SMILES string of the molecule is CCOC(=O)c1cc(-c2ccccc2)cc(-c2ccccc2)[n+]1/N=C/c1ccccc1. The molecule has 4 aromatic rings. The summed E-state index contributed by atoms with van der Waals surface area (Å²) in [5.74, 6) is -0.414. The van der Waals surface area contributed by atoms with Crippen LogP contribution in [0, 0.1) is 0 Å². The van der Waals surface area contributed by atoms with Crippen LogP contribution in [0.3, 0.4) is 0 Å². The van der Waals surface area contributed by atoms with Crippen molar-refractivity contribution < 1.29 is 14.2 Å². The molecule has 152 valence electrons. The van der Waals surface area contributed by atoms with E-state index >= 15 is 0 Å². The molecular formula is C27H23N2O2+. The molecule has 0 aliphatic rings. The Balaban J connectivity index is 1.95. The van der Waals surface area contributed by atoms with E-state index in [0.29, 0.717) is 5.69 Å². The third-order valence-electron chi connectivity index (χ3n) is 4.82. The monoisotopic (exact) mass is 407 g/mol. The van der Waals surface area contributed by atoms with Crippen molar-refractivity contribution in [3.8, 4) is 22.4 Å². The van der Waals surface area contributed by atoms with Crippen LogP contribution in [0.25, 0.3) is 22.4 Å². The number of esters is 1. The van der Waals surface area contributed by atoms with Crippen LogP contribution in [0.1, 0.15) is 23.0 Å². The topological polar surface area (TPSA) is 42.5 Å². The highest BCUT2D eigenvalue weighted by Gasteiger charge is 2.28. The average Bonchev–Trinajstić information content (AvgIpc) is 2.84. The lowest BCUT2D eigenvalue weighted by Gasteiger charge is -2.08. The molecule has 0 aliphatic heterocycles. The van der Waals surface area contributed by atoms with Crippen LogP contribution in [0.5, 0.6) is 0 Å². The number of hydrogen-bond donors (Lipinski definition) is 0. The van der Waals surface area contributed by atoms with Gasteiger partial charge < -0.3 is 4.74 Å². The number of carbonyl (C=O) groups excluding carboxylic acids is 1. The summed E-state index contributed by atoms with van der Waals surface area (Å²) in [6.07, 6.45) is 1.75. The maximum Gasteiger partial charge on any atom is 0.406 e. The van der Waals surface area contributed by atoms with Crippen LogP contribution >= 0.6 is 0 Å². The van der Waals surface area contributed by atoms with Crippen molar-refractivity contribution in [1.82, 2.24) is 0 Å². The summed E-state index contributed by atoms with van der Waals surface area (Å²) in [5.41, 5.74) is 5.01. The smallest absolute Gasteiger partial charge is 0.406 e. The highest BCUT2D eigenvalue weighted by molar-refractivity contribution is 5.88. The number of benzene rings is 3. The molecule has 0 amide bonds. The van der Waals surface area contributed by atoms with Crippen LogP contribution in [0.15, 0.2) is 108 Å². The summed E-state index contributed by atoms with van der Waals surface area (Å²) in [7, 11) is 0. The Morgan fingerprint density at radius 2 is 1.39 bits per heavy atom. The van der Waals surface area contributed by atoms with Gasteiger partial charge in [-0.1, -0.05) is 78.9 Å². The van der Waals surface area contributed by atoms with Crippen LogP contribution in [-0.2, 0) is 4.74 Å². The molecule has 1 heterocycles. The predicted octanol–water partition coefficient (Wildman–Crippen LogP) is 5.37. The Labute approximate surface area is 182 Å². The van der Waals surface area contributed by atoms with Crippen molar-refractivity contribution >= 4 is 12.2 Å². The van der Waals surface area contributed by atoms with Gasteiger partial charge in [-0.2, -0.15) is 0 Å². The molecule has 4 heteroatoms. The molecule has 0 unspecified atom stereocenters. The van der Waals surface area contributed by atoms with Gasteiger partial charge in [0.25, 0.3) is 0 Å². The van der Waals surface area contributed by atoms with E-state index < -0.39 is 5.97 Å². The van der Waals surface area contributed by atoms with Gasteiger partial charge in [0.1, 0.15) is 6.21 Å². The lowest BCUT2D eigenvalue weighted by molar-refractivity contribution is -0.669. The molecule has 0 saturated heterocycles. The number of carbonyl (C=O) groups is 1. The summed E-state index contributed by atoms with van der Waals surface area (Å²) >= 11 is 0. The molecule has 0 fully saturated rings. The predicted molar refractivity (Wildman–Crippen MR) is 123 cm³/mol. The summed E-state index contributed by atoms with van der Waals surface area (Å²) < 4.78 is 7.03. The second kappa shape index (κ2) is 9.63. The fourth-order valence-corrected chi connectivity index (χ4v) is 3.34. The minimum Gasteiger partial charge on any atom is -0.458 e. The molecule has 0 spiro atoms. The number of ether oxygens (including phenoxy) is 1. The number of pyridine rings is 1. The number of nitrogens with zero attached hydrogens (tertiary/aromatic N) is 2. The van der Waals surface area contributed by atoms with Crippen LogP contribution in [0.2, 0.25) is 0 Å². The van der Waals surface area contributed by atoms with E-state index in [-0.39, 0.29) is 6.61 Å². The maximum absolute atomic E-state index is 12.9. The molecule has 0 bridgehead atoms. The Bertz CT molecular complexity index is 1190. The lowest BCUT2D eigenvalue weighted by atomic mass is 10.0. The maximum atomic E-state index is 12.9. The average molecular weight is 407 g/mol. The first-order valence-electron chi connectivity index (χ1n) is 10.2. The quantitative estimate of drug-likeness (QED) is 0.245. The van der Waals surface area contributed by atoms with Crippen molar-refractivity contribution in [3.05, 3.63) is 114 Å². The number of aromatic nitrogens is 1. The minimum absolute atomic E-state index is 0.289. The van der Waals surface area contributed by atoms with Gasteiger partial charge in [-0.05, 0) is 45.5 Å². The van der Waals surface area contributed by atoms with Crippen molar-refractivity contribution in [1.29, 1.82) is 0 Å². The van der Waals surface area contributed by atoms with E-state index in [4.69, 9.17) is 4.74 Å². The van der Waals surface area contributed by atoms with E-state index in [9.17, 15) is 4.79 Å². The minimum atomic E-state index is -0.414. The fourth-order valence-electron chi connectivity index (χ4n) is 3.34. The van der Waals surface area contributed by atoms with Crippen molar-refractivity contribution in [2.24, 2.45) is 5.10 Å². The van der Waals surface area contributed by atoms with E-state index in [1.165, 1.54) is 0 Å². The Kier molecular flexibility index (Phi) is 6.29. The molecule has 4 nitrogen and oxygen atoms in total. The standard InChI is InChI=1S/C27H23N2O2/c1-2-31-27(30)26-19-24(22-14-8-4-9-15-22)18-25(23-16-10-5-11-17-23)29(26)28-20-21-12-6-3-7-13-21/h3-20H,2H2,1H3/q+1/b28-20+. The zero-order chi connectivity index (χ0) is 21.5. The van der Waals surface area contributed by atoms with Gasteiger partial charge in [0, 0.05) is 17.7 Å². The molecule has 0 N–H and O–H groups in total. The van der Waals surface area contributed by atoms with Crippen molar-refractivity contribution in [2.45, 2.75) is 6.92 Å². The summed E-state index contributed by atoms with van der Waals surface area (Å²) in [5, 5.41) is 4.68. The molecule has 3 aromatic carbocycles. The molecule has 0 saturated carbocycles. The lowest BCUT2D eigenvalue weighted by Crippen LogP contribution is -2.39. The van der Waals surface area contributed by atoms with Gasteiger partial charge in [0.05, 0.1) is 6.61 Å². The van der Waals surface area contributed by atoms with Crippen LogP contribution in [-0.4, -0.2) is 18.8 Å². The second-order valence-corrected chi connectivity index (χ2v) is 6.93. The van der Waals surface area contributed by atoms with Gasteiger partial charge >= 0.3 is 11.7 Å². The van der Waals surface area contributed by atoms with Gasteiger partial charge in [-0.25, -0.2) is 4.79 Å². The Hall–Kier alpha value is -4.05. The molecule has 1 aromatic heterocycles. The van der Waals surface area contributed by atoms with Gasteiger partial charge in [0.15, 0.2) is 0 Å². The molecule has 0 radical (unpaired) electrons. The molecule has 0 aliphatic carbocycles. The molecule has 0 atom stereocenters. The fraction of sp³-hybridized carbons (Fsp3) is 0.0741. The van der Waals surface area contributed by atoms with Crippen molar-refractivity contribution in [2.75, 3.05) is 6.61 Å². The largest absolute Gasteiger partial charge is 0.458 e. The van der Waals surface area contributed by atoms with Gasteiger partial charge in [0.2, 0.25) is 5.69 Å². The Morgan fingerprint density at radius 1 is 0.806 bits per heavy atom. The number of rotatable bonds is 6. The third-order valence-corrected chi connectivity index (χ3v) is 4.82. The van der Waals surface area contributed by atoms with Crippen molar-refractivity contribution in [3.63, 3.8) is 0 Å². The summed E-state index contributed by atoms with van der Waals surface area (Å²) in [6.45, 7) is 2.09. The third kappa shape index (κ3) is 4.75. The van der Waals surface area contributed by atoms with Crippen LogP contribution in [0.4, 0.5) is 0 Å². The van der Waals surface area contributed by atoms with E-state index in [0.717, 1.165) is 27.9 Å². The molecule has 31 heavy (non-hydrogen) atoms. The normalized spacial score (nSPS) is 10.9. The number of hydrogen-bond acceptors (Lipinski definition) is 3. The van der Waals surface area contributed by atoms with Gasteiger partial charge in [-0.3, -0.25) is 0 Å². The van der Waals surface area contributed by atoms with Gasteiger partial charge in [-0.15, -0.1) is 0 Å². The first-order chi connectivity index (χ1) is 15.3. The van der Waals surface area contributed by atoms with E-state index in [2.05, 4.69) is 11.2 Å². The second-order valence-electron chi connectivity index (χ2n) is 6.93. The molecule has 4 rings (SSSR count). The first kappa shape index (κ1) is 20.2. The van der Waals surface area contributed by atoms with E-state index in [1.54, 1.807) is 17.8 Å². The van der Waals surface area contributed by atoms with Crippen LogP contribution < -0.4 is 4.68 Å². The zero-order valence-corrected chi connectivity index (χ0v) is 17.3. The molecular weight excluding hydrogens is 384 g/mol. The Morgan fingerprint density at radius 3 is 2.00 bits per heavy atom. The highest BCUT2D eigenvalue weighted by atomic mass is 16.5. The summed E-state index contributed by atoms with van der Waals surface area (Å²) in [4.78, 5) is 12.9. The zero-order valence-electron chi connectivity index (χ0n) is 17.3. The van der Waals surface area contributed by atoms with E-state index in [1.807, 2.05) is 97.1 Å².